The number of carboxylic acids is 1. The van der Waals surface area contributed by atoms with Crippen molar-refractivity contribution < 1.29 is 24.3 Å². The predicted octanol–water partition coefficient (Wildman–Crippen LogP) is -0.687. The van der Waals surface area contributed by atoms with Crippen molar-refractivity contribution in [2.45, 2.75) is 49.9 Å². The summed E-state index contributed by atoms with van der Waals surface area (Å²) in [6.45, 7) is 0.224. The molecule has 3 amide bonds. The third-order valence-corrected chi connectivity index (χ3v) is 7.09. The summed E-state index contributed by atoms with van der Waals surface area (Å²) in [6, 6.07) is 3.16. The lowest BCUT2D eigenvalue weighted by atomic mass is 10.0. The first-order valence-corrected chi connectivity index (χ1v) is 14.7. The van der Waals surface area contributed by atoms with Gasteiger partial charge in [-0.15, -0.1) is 0 Å². The molecule has 4 atom stereocenters. The first kappa shape index (κ1) is 32.8. The Labute approximate surface area is 242 Å². The quantitative estimate of drug-likeness (QED) is 0.0488. The number of nitrogens with zero attached hydrogens (tertiary/aromatic N) is 1. The molecule has 0 spiro atoms. The van der Waals surface area contributed by atoms with Crippen molar-refractivity contribution >= 4 is 64.9 Å². The third kappa shape index (κ3) is 10.3. The highest BCUT2D eigenvalue weighted by Crippen LogP contribution is 2.19. The number of aromatic nitrogens is 1. The van der Waals surface area contributed by atoms with E-state index < -0.39 is 47.9 Å². The average molecular weight is 595 g/mol. The number of hydrogen-bond donors (Lipinski definition) is 9. The molecule has 0 aliphatic rings. The first-order valence-electron chi connectivity index (χ1n) is 12.7. The number of guanidine groups is 1. The smallest absolute Gasteiger partial charge is 0.327 e. The fourth-order valence-corrected chi connectivity index (χ4v) is 4.62. The Morgan fingerprint density at radius 1 is 1.02 bits per heavy atom. The number of aliphatic imine (C=N–C) groups is 1. The number of nitrogens with two attached hydrogens (primary N) is 3. The van der Waals surface area contributed by atoms with Gasteiger partial charge in [-0.05, 0) is 42.9 Å². The summed E-state index contributed by atoms with van der Waals surface area (Å²) < 4.78 is 0. The topological polar surface area (TPSA) is 231 Å². The van der Waals surface area contributed by atoms with E-state index in [0.717, 1.165) is 16.5 Å². The molecule has 2 rings (SSSR count). The van der Waals surface area contributed by atoms with Crippen molar-refractivity contribution in [2.24, 2.45) is 22.2 Å². The fraction of sp³-hybridized carbons (Fsp3) is 0.480. The van der Waals surface area contributed by atoms with Gasteiger partial charge in [0.1, 0.15) is 18.1 Å². The van der Waals surface area contributed by atoms with Crippen LogP contribution in [0.15, 0.2) is 35.5 Å². The van der Waals surface area contributed by atoms with Gasteiger partial charge >= 0.3 is 5.97 Å². The number of carboxylic acid groups (broad SMARTS) is 1. The summed E-state index contributed by atoms with van der Waals surface area (Å²) in [4.78, 5) is 58.0. The zero-order valence-electron chi connectivity index (χ0n) is 22.3. The number of hydrogen-bond acceptors (Lipinski definition) is 8. The molecule has 13 nitrogen and oxygen atoms in total. The number of rotatable bonds is 17. The number of nitrogens with one attached hydrogen (secondary N) is 4. The van der Waals surface area contributed by atoms with E-state index in [2.05, 4.69) is 38.6 Å². The van der Waals surface area contributed by atoms with Crippen LogP contribution < -0.4 is 33.2 Å². The Morgan fingerprint density at radius 3 is 2.33 bits per heavy atom. The number of H-pyrrole nitrogens is 1. The van der Waals surface area contributed by atoms with E-state index in [1.54, 1.807) is 18.0 Å². The number of aliphatic carboxylic acids is 1. The number of fused-ring (bicyclic) bond motifs is 1. The van der Waals surface area contributed by atoms with Crippen molar-refractivity contribution in [1.82, 2.24) is 20.9 Å². The van der Waals surface area contributed by atoms with Gasteiger partial charge in [-0.1, -0.05) is 18.2 Å². The highest BCUT2D eigenvalue weighted by atomic mass is 32.2. The van der Waals surface area contributed by atoms with Crippen LogP contribution >= 0.6 is 24.4 Å². The number of thioether (sulfide) groups is 1. The molecule has 0 aliphatic heterocycles. The average Bonchev–Trinajstić information content (AvgIpc) is 3.33. The number of amides is 3. The van der Waals surface area contributed by atoms with Gasteiger partial charge in [0.2, 0.25) is 17.7 Å². The second kappa shape index (κ2) is 16.6. The van der Waals surface area contributed by atoms with Crippen LogP contribution in [-0.2, 0) is 25.6 Å². The van der Waals surface area contributed by atoms with E-state index in [1.807, 2.05) is 30.5 Å². The molecule has 1 heterocycles. The maximum Gasteiger partial charge on any atom is 0.327 e. The van der Waals surface area contributed by atoms with Crippen LogP contribution in [0.5, 0.6) is 0 Å². The molecular weight excluding hydrogens is 556 g/mol. The molecule has 0 radical (unpaired) electrons. The summed E-state index contributed by atoms with van der Waals surface area (Å²) in [5, 5.41) is 18.0. The number of carbonyl (C=O) groups is 4. The third-order valence-electron chi connectivity index (χ3n) is 6.08. The Kier molecular flexibility index (Phi) is 13.6. The monoisotopic (exact) mass is 594 g/mol. The van der Waals surface area contributed by atoms with Crippen LogP contribution in [0.3, 0.4) is 0 Å². The molecule has 0 bridgehead atoms. The predicted molar refractivity (Wildman–Crippen MR) is 160 cm³/mol. The molecule has 0 saturated heterocycles. The normalized spacial score (nSPS) is 14.0. The Bertz CT molecular complexity index is 1190. The highest BCUT2D eigenvalue weighted by molar-refractivity contribution is 7.98. The van der Waals surface area contributed by atoms with Crippen molar-refractivity contribution in [3.05, 3.63) is 36.0 Å². The van der Waals surface area contributed by atoms with E-state index in [-0.39, 0.29) is 31.1 Å². The lowest BCUT2D eigenvalue weighted by Crippen LogP contribution is -2.57. The molecule has 1 aromatic heterocycles. The van der Waals surface area contributed by atoms with E-state index in [4.69, 9.17) is 17.2 Å². The number of carbonyl (C=O) groups excluding carboxylic acids is 3. The molecule has 4 unspecified atom stereocenters. The SMILES string of the molecule is CSCCC(N)C(=O)NC(CCCN=C(N)N)C(=O)NC(Cc1c[nH]c2ccccc12)C(=O)NC(CS)C(=O)O. The summed E-state index contributed by atoms with van der Waals surface area (Å²) in [6.07, 6.45) is 4.62. The number of thiol groups is 1. The molecule has 220 valence electrons. The van der Waals surface area contributed by atoms with Gasteiger partial charge in [0.05, 0.1) is 6.04 Å². The van der Waals surface area contributed by atoms with Gasteiger partial charge in [0.25, 0.3) is 0 Å². The van der Waals surface area contributed by atoms with Gasteiger partial charge in [0.15, 0.2) is 5.96 Å². The lowest BCUT2D eigenvalue weighted by Gasteiger charge is -2.25. The highest BCUT2D eigenvalue weighted by Gasteiger charge is 2.30. The molecule has 15 heteroatoms. The number of benzene rings is 1. The van der Waals surface area contributed by atoms with E-state index in [1.165, 1.54) is 0 Å². The second-order valence-electron chi connectivity index (χ2n) is 9.10. The minimum atomic E-state index is -1.26. The van der Waals surface area contributed by atoms with Crippen molar-refractivity contribution in [1.29, 1.82) is 0 Å². The van der Waals surface area contributed by atoms with E-state index in [9.17, 15) is 24.3 Å². The van der Waals surface area contributed by atoms with E-state index >= 15 is 0 Å². The Hall–Kier alpha value is -3.43. The largest absolute Gasteiger partial charge is 0.480 e. The second-order valence-corrected chi connectivity index (χ2v) is 10.5. The molecule has 0 saturated carbocycles. The van der Waals surface area contributed by atoms with Crippen LogP contribution in [0.2, 0.25) is 0 Å². The number of aromatic amines is 1. The fourth-order valence-electron chi connectivity index (χ4n) is 3.89. The van der Waals surface area contributed by atoms with Gasteiger partial charge in [-0.2, -0.15) is 24.4 Å². The zero-order chi connectivity index (χ0) is 29.7. The Balaban J connectivity index is 2.29. The summed E-state index contributed by atoms with van der Waals surface area (Å²) in [7, 11) is 0. The van der Waals surface area contributed by atoms with Crippen LogP contribution in [0, 0.1) is 0 Å². The molecular formula is C25H38N8O5S2. The Morgan fingerprint density at radius 2 is 1.68 bits per heavy atom. The molecule has 40 heavy (non-hydrogen) atoms. The van der Waals surface area contributed by atoms with Crippen LogP contribution in [0.1, 0.15) is 24.8 Å². The van der Waals surface area contributed by atoms with Crippen LogP contribution in [0.25, 0.3) is 10.9 Å². The standard InChI is InChI=1S/C25H38N8O5S2/c1-40-10-8-16(26)21(34)31-18(7-4-9-29-25(27)28)22(35)32-19(23(36)33-20(13-39)24(37)38)11-14-12-30-17-6-3-2-5-15(14)17/h2-3,5-6,12,16,18-20,30,39H,4,7-11,13,26H2,1H3,(H,31,34)(H,32,35)(H,33,36)(H,37,38)(H4,27,28,29). The minimum Gasteiger partial charge on any atom is -0.480 e. The van der Waals surface area contributed by atoms with E-state index in [0.29, 0.717) is 18.6 Å². The lowest BCUT2D eigenvalue weighted by molar-refractivity contribution is -0.141. The summed E-state index contributed by atoms with van der Waals surface area (Å²) in [5.41, 5.74) is 18.3. The first-order chi connectivity index (χ1) is 19.1. The van der Waals surface area contributed by atoms with Crippen molar-refractivity contribution in [2.75, 3.05) is 24.3 Å². The molecule has 0 fully saturated rings. The summed E-state index contributed by atoms with van der Waals surface area (Å²) >= 11 is 5.55. The summed E-state index contributed by atoms with van der Waals surface area (Å²) in [5.74, 6) is -2.68. The minimum absolute atomic E-state index is 0.0579. The molecule has 11 N–H and O–H groups in total. The van der Waals surface area contributed by atoms with Gasteiger partial charge in [-0.3, -0.25) is 19.4 Å². The molecule has 0 aliphatic carbocycles. The molecule has 2 aromatic rings. The zero-order valence-corrected chi connectivity index (χ0v) is 24.0. The maximum absolute atomic E-state index is 13.5. The van der Waals surface area contributed by atoms with Crippen molar-refractivity contribution in [3.63, 3.8) is 0 Å². The van der Waals surface area contributed by atoms with Gasteiger partial charge in [-0.25, -0.2) is 4.79 Å². The van der Waals surface area contributed by atoms with Crippen LogP contribution in [0.4, 0.5) is 0 Å². The van der Waals surface area contributed by atoms with Gasteiger partial charge < -0.3 is 43.2 Å². The van der Waals surface area contributed by atoms with Gasteiger partial charge in [0, 0.05) is 35.8 Å². The maximum atomic E-state index is 13.5. The molecule has 1 aromatic carbocycles. The number of para-hydroxylation sites is 1. The van der Waals surface area contributed by atoms with Crippen molar-refractivity contribution in [3.8, 4) is 0 Å². The van der Waals surface area contributed by atoms with Crippen LogP contribution in [-0.4, -0.2) is 88.2 Å².